The van der Waals surface area contributed by atoms with Gasteiger partial charge in [-0.15, -0.1) is 0 Å². The highest BCUT2D eigenvalue weighted by atomic mass is 16.5. The monoisotopic (exact) mass is 311 g/mol. The summed E-state index contributed by atoms with van der Waals surface area (Å²) >= 11 is 0. The highest BCUT2D eigenvalue weighted by molar-refractivity contribution is 5.81. The van der Waals surface area contributed by atoms with Crippen molar-refractivity contribution in [3.8, 4) is 5.75 Å². The zero-order valence-corrected chi connectivity index (χ0v) is 13.4. The van der Waals surface area contributed by atoms with Gasteiger partial charge in [0.25, 0.3) is 0 Å². The van der Waals surface area contributed by atoms with Gasteiger partial charge >= 0.3 is 5.97 Å². The van der Waals surface area contributed by atoms with E-state index in [0.717, 1.165) is 11.3 Å². The minimum Gasteiger partial charge on any atom is -0.496 e. The predicted octanol–water partition coefficient (Wildman–Crippen LogP) is 3.18. The molecule has 0 N–H and O–H groups in total. The third-order valence-corrected chi connectivity index (χ3v) is 4.12. The fraction of sp³-hybridized carbons (Fsp3) is 0.316. The molecule has 23 heavy (non-hydrogen) atoms. The quantitative estimate of drug-likeness (QED) is 0.607. The number of rotatable bonds is 6. The van der Waals surface area contributed by atoms with Crippen LogP contribution in [0.15, 0.2) is 54.6 Å². The minimum absolute atomic E-state index is 0.00501. The maximum atomic E-state index is 12.3. The lowest BCUT2D eigenvalue weighted by Crippen LogP contribution is -2.16. The highest BCUT2D eigenvalue weighted by Crippen LogP contribution is 2.47. The van der Waals surface area contributed by atoms with Crippen LogP contribution in [0.2, 0.25) is 0 Å². The molecule has 1 heterocycles. The van der Waals surface area contributed by atoms with Crippen LogP contribution < -0.4 is 4.74 Å². The van der Waals surface area contributed by atoms with Crippen molar-refractivity contribution < 1.29 is 14.3 Å². The summed E-state index contributed by atoms with van der Waals surface area (Å²) in [4.78, 5) is 14.4. The van der Waals surface area contributed by atoms with Crippen molar-refractivity contribution in [3.63, 3.8) is 0 Å². The maximum Gasteiger partial charge on any atom is 0.325 e. The molecule has 0 bridgehead atoms. The van der Waals surface area contributed by atoms with E-state index in [9.17, 15) is 4.79 Å². The summed E-state index contributed by atoms with van der Waals surface area (Å²) in [5.41, 5.74) is 2.21. The molecular formula is C19H21NO3. The van der Waals surface area contributed by atoms with Gasteiger partial charge in [-0.1, -0.05) is 48.5 Å². The van der Waals surface area contributed by atoms with E-state index >= 15 is 0 Å². The molecule has 3 rings (SSSR count). The van der Waals surface area contributed by atoms with Gasteiger partial charge in [0.05, 0.1) is 19.8 Å². The van der Waals surface area contributed by atoms with Gasteiger partial charge in [0, 0.05) is 12.1 Å². The summed E-state index contributed by atoms with van der Waals surface area (Å²) in [6.07, 6.45) is 0. The van der Waals surface area contributed by atoms with Crippen molar-refractivity contribution >= 4 is 5.97 Å². The summed E-state index contributed by atoms with van der Waals surface area (Å²) in [5, 5.41) is 0. The van der Waals surface area contributed by atoms with Crippen LogP contribution >= 0.6 is 0 Å². The fourth-order valence-corrected chi connectivity index (χ4v) is 3.02. The molecule has 0 saturated carbocycles. The molecular weight excluding hydrogens is 290 g/mol. The van der Waals surface area contributed by atoms with Crippen LogP contribution in [-0.2, 0) is 16.1 Å². The van der Waals surface area contributed by atoms with Gasteiger partial charge < -0.3 is 9.47 Å². The van der Waals surface area contributed by atoms with Crippen molar-refractivity contribution in [2.45, 2.75) is 25.6 Å². The SMILES string of the molecule is CCOC(=O)[C@@H]1[C@@H](c2ccccc2OC)N1Cc1ccccc1. The Hall–Kier alpha value is -2.33. The van der Waals surface area contributed by atoms with E-state index in [-0.39, 0.29) is 18.1 Å². The number of esters is 1. The first-order valence-electron chi connectivity index (χ1n) is 7.85. The Morgan fingerprint density at radius 1 is 1.09 bits per heavy atom. The van der Waals surface area contributed by atoms with Gasteiger partial charge in [0.1, 0.15) is 11.8 Å². The zero-order chi connectivity index (χ0) is 16.2. The van der Waals surface area contributed by atoms with E-state index in [1.54, 1.807) is 7.11 Å². The van der Waals surface area contributed by atoms with Crippen LogP contribution in [0.5, 0.6) is 5.75 Å². The van der Waals surface area contributed by atoms with E-state index in [0.29, 0.717) is 13.2 Å². The van der Waals surface area contributed by atoms with Gasteiger partial charge in [-0.2, -0.15) is 0 Å². The topological polar surface area (TPSA) is 38.5 Å². The summed E-state index contributed by atoms with van der Waals surface area (Å²) < 4.78 is 10.7. The van der Waals surface area contributed by atoms with Crippen molar-refractivity contribution in [2.24, 2.45) is 0 Å². The molecule has 0 aromatic heterocycles. The van der Waals surface area contributed by atoms with Crippen molar-refractivity contribution in [1.82, 2.24) is 4.90 Å². The molecule has 1 aliphatic rings. The fourth-order valence-electron chi connectivity index (χ4n) is 3.02. The molecule has 1 aliphatic heterocycles. The normalized spacial score (nSPS) is 22.4. The van der Waals surface area contributed by atoms with Crippen LogP contribution in [0, 0.1) is 0 Å². The zero-order valence-electron chi connectivity index (χ0n) is 13.4. The van der Waals surface area contributed by atoms with Gasteiger partial charge in [-0.3, -0.25) is 9.69 Å². The number of hydrogen-bond donors (Lipinski definition) is 0. The predicted molar refractivity (Wildman–Crippen MR) is 88.1 cm³/mol. The van der Waals surface area contributed by atoms with Gasteiger partial charge in [-0.25, -0.2) is 0 Å². The third kappa shape index (κ3) is 3.22. The molecule has 1 saturated heterocycles. The number of nitrogens with zero attached hydrogens (tertiary/aromatic N) is 1. The number of methoxy groups -OCH3 is 1. The largest absolute Gasteiger partial charge is 0.496 e. The standard InChI is InChI=1S/C19H21NO3/c1-3-23-19(21)18-17(15-11-7-8-12-16(15)22-2)20(18)13-14-9-5-4-6-10-14/h4-12,17-18H,3,13H2,1-2H3/t17-,18+,20?/m1/s1. The first kappa shape index (κ1) is 15.6. The highest BCUT2D eigenvalue weighted by Gasteiger charge is 2.55. The first-order valence-corrected chi connectivity index (χ1v) is 7.85. The van der Waals surface area contributed by atoms with Crippen LogP contribution in [0.25, 0.3) is 0 Å². The molecule has 1 fully saturated rings. The smallest absolute Gasteiger partial charge is 0.325 e. The van der Waals surface area contributed by atoms with E-state index in [1.165, 1.54) is 5.56 Å². The van der Waals surface area contributed by atoms with Crippen LogP contribution in [0.1, 0.15) is 24.1 Å². The Morgan fingerprint density at radius 2 is 1.78 bits per heavy atom. The maximum absolute atomic E-state index is 12.3. The number of ether oxygens (including phenoxy) is 2. The number of carbonyl (C=O) groups is 1. The second-order valence-corrected chi connectivity index (χ2v) is 5.54. The summed E-state index contributed by atoms with van der Waals surface area (Å²) in [6, 6.07) is 17.8. The second-order valence-electron chi connectivity index (χ2n) is 5.54. The lowest BCUT2D eigenvalue weighted by atomic mass is 10.1. The number of benzene rings is 2. The second kappa shape index (κ2) is 6.84. The molecule has 2 aromatic carbocycles. The molecule has 0 spiro atoms. The van der Waals surface area contributed by atoms with Gasteiger partial charge in [0.2, 0.25) is 0 Å². The van der Waals surface area contributed by atoms with Gasteiger partial charge in [0.15, 0.2) is 0 Å². The van der Waals surface area contributed by atoms with Crippen molar-refractivity contribution in [3.05, 3.63) is 65.7 Å². The van der Waals surface area contributed by atoms with Crippen LogP contribution in [0.3, 0.4) is 0 Å². The minimum atomic E-state index is -0.244. The molecule has 0 aliphatic carbocycles. The van der Waals surface area contributed by atoms with Crippen LogP contribution in [0.4, 0.5) is 0 Å². The molecule has 4 heteroatoms. The molecule has 1 unspecified atom stereocenters. The lowest BCUT2D eigenvalue weighted by molar-refractivity contribution is -0.143. The molecule has 0 amide bonds. The van der Waals surface area contributed by atoms with E-state index in [1.807, 2.05) is 49.4 Å². The van der Waals surface area contributed by atoms with Crippen LogP contribution in [-0.4, -0.2) is 30.6 Å². The van der Waals surface area contributed by atoms with Gasteiger partial charge in [-0.05, 0) is 18.6 Å². The molecule has 4 nitrogen and oxygen atoms in total. The van der Waals surface area contributed by atoms with E-state index in [4.69, 9.17) is 9.47 Å². The first-order chi connectivity index (χ1) is 11.3. The average molecular weight is 311 g/mol. The van der Waals surface area contributed by atoms with E-state index in [2.05, 4.69) is 17.0 Å². The number of hydrogen-bond acceptors (Lipinski definition) is 4. The Balaban J connectivity index is 1.85. The third-order valence-electron chi connectivity index (χ3n) is 4.12. The molecule has 120 valence electrons. The van der Waals surface area contributed by atoms with Crippen molar-refractivity contribution in [1.29, 1.82) is 0 Å². The van der Waals surface area contributed by atoms with E-state index < -0.39 is 0 Å². The summed E-state index contributed by atoms with van der Waals surface area (Å²) in [7, 11) is 1.65. The number of para-hydroxylation sites is 1. The van der Waals surface area contributed by atoms with Crippen molar-refractivity contribution in [2.75, 3.05) is 13.7 Å². The molecule has 0 radical (unpaired) electrons. The number of carbonyl (C=O) groups excluding carboxylic acids is 1. The lowest BCUT2D eigenvalue weighted by Gasteiger charge is -2.08. The Labute approximate surface area is 136 Å². The Morgan fingerprint density at radius 3 is 2.48 bits per heavy atom. The Bertz CT molecular complexity index is 671. The Kier molecular flexibility index (Phi) is 4.63. The molecule has 2 aromatic rings. The average Bonchev–Trinajstić information content (AvgIpc) is 3.29. The summed E-state index contributed by atoms with van der Waals surface area (Å²) in [5.74, 6) is 0.640. The molecule has 3 atom stereocenters. The summed E-state index contributed by atoms with van der Waals surface area (Å²) in [6.45, 7) is 2.94.